The second-order valence-electron chi connectivity index (χ2n) is 5.01. The van der Waals surface area contributed by atoms with Gasteiger partial charge >= 0.3 is 6.03 Å². The van der Waals surface area contributed by atoms with Gasteiger partial charge in [0.2, 0.25) is 5.91 Å². The molecule has 0 aliphatic carbocycles. The van der Waals surface area contributed by atoms with E-state index in [9.17, 15) is 9.59 Å². The highest BCUT2D eigenvalue weighted by Crippen LogP contribution is 2.28. The third-order valence-electron chi connectivity index (χ3n) is 3.80. The molecular weight excluding hydrogens is 242 g/mol. The second kappa shape index (κ2) is 4.57. The fourth-order valence-corrected chi connectivity index (χ4v) is 2.67. The molecule has 2 aliphatic rings. The van der Waals surface area contributed by atoms with Gasteiger partial charge in [-0.25, -0.2) is 4.79 Å². The van der Waals surface area contributed by atoms with E-state index in [-0.39, 0.29) is 18.0 Å². The maximum absolute atomic E-state index is 11.7. The van der Waals surface area contributed by atoms with Crippen molar-refractivity contribution in [3.05, 3.63) is 29.3 Å². The Hall–Kier alpha value is -2.04. The lowest BCUT2D eigenvalue weighted by molar-refractivity contribution is -0.116. The van der Waals surface area contributed by atoms with Crippen LogP contribution in [0.1, 0.15) is 30.5 Å². The molecule has 2 heterocycles. The van der Waals surface area contributed by atoms with E-state index in [0.717, 1.165) is 29.8 Å². The number of carbonyl (C=O) groups is 2. The van der Waals surface area contributed by atoms with Gasteiger partial charge in [-0.05, 0) is 30.5 Å². The van der Waals surface area contributed by atoms with Crippen LogP contribution in [0, 0.1) is 0 Å². The minimum atomic E-state index is -0.00137. The summed E-state index contributed by atoms with van der Waals surface area (Å²) < 4.78 is 0. The molecule has 1 saturated heterocycles. The lowest BCUT2D eigenvalue weighted by atomic mass is 9.97. The lowest BCUT2D eigenvalue weighted by Gasteiger charge is -2.19. The average molecular weight is 259 g/mol. The molecule has 1 unspecified atom stereocenters. The second-order valence-corrected chi connectivity index (χ2v) is 5.01. The molecule has 100 valence electrons. The van der Waals surface area contributed by atoms with E-state index in [1.165, 1.54) is 0 Å². The number of aryl methyl sites for hydroxylation is 1. The number of benzene rings is 1. The van der Waals surface area contributed by atoms with E-state index in [1.54, 1.807) is 4.90 Å². The number of nitrogens with one attached hydrogen (secondary N) is 2. The van der Waals surface area contributed by atoms with E-state index in [1.807, 2.05) is 19.1 Å². The fraction of sp³-hybridized carbons (Fsp3) is 0.429. The average Bonchev–Trinajstić information content (AvgIpc) is 2.79. The monoisotopic (exact) mass is 259 g/mol. The zero-order chi connectivity index (χ0) is 13.4. The van der Waals surface area contributed by atoms with Crippen LogP contribution in [0.15, 0.2) is 18.2 Å². The van der Waals surface area contributed by atoms with Gasteiger partial charge < -0.3 is 15.5 Å². The smallest absolute Gasteiger partial charge is 0.318 e. The number of hydrogen-bond acceptors (Lipinski definition) is 2. The zero-order valence-electron chi connectivity index (χ0n) is 10.9. The number of carbonyl (C=O) groups excluding carboxylic acids is 2. The Morgan fingerprint density at radius 2 is 2.16 bits per heavy atom. The first kappa shape index (κ1) is 12.0. The molecule has 0 spiro atoms. The van der Waals surface area contributed by atoms with Gasteiger partial charge in [-0.1, -0.05) is 12.1 Å². The highest BCUT2D eigenvalue weighted by atomic mass is 16.2. The zero-order valence-corrected chi connectivity index (χ0v) is 10.9. The van der Waals surface area contributed by atoms with Crippen molar-refractivity contribution in [2.75, 3.05) is 18.4 Å². The Labute approximate surface area is 112 Å². The van der Waals surface area contributed by atoms with Crippen LogP contribution in [0.3, 0.4) is 0 Å². The van der Waals surface area contributed by atoms with E-state index < -0.39 is 0 Å². The summed E-state index contributed by atoms with van der Waals surface area (Å²) >= 11 is 0. The van der Waals surface area contributed by atoms with Crippen LogP contribution in [-0.4, -0.2) is 29.9 Å². The highest BCUT2D eigenvalue weighted by Gasteiger charge is 2.29. The Morgan fingerprint density at radius 3 is 2.89 bits per heavy atom. The molecule has 1 aromatic rings. The van der Waals surface area contributed by atoms with Gasteiger partial charge in [0.15, 0.2) is 0 Å². The van der Waals surface area contributed by atoms with Crippen LogP contribution >= 0.6 is 0 Å². The van der Waals surface area contributed by atoms with Crippen molar-refractivity contribution >= 4 is 17.6 Å². The van der Waals surface area contributed by atoms with Gasteiger partial charge in [-0.15, -0.1) is 0 Å². The molecule has 3 amide bonds. The SMILES string of the molecule is CCN1CC(c2ccc3c(c2)CCC(=O)N3)NC1=O. The van der Waals surface area contributed by atoms with Gasteiger partial charge in [-0.3, -0.25) is 4.79 Å². The number of likely N-dealkylation sites (N-methyl/N-ethyl adjacent to an activating group) is 1. The first-order chi connectivity index (χ1) is 9.17. The largest absolute Gasteiger partial charge is 0.329 e. The van der Waals surface area contributed by atoms with Crippen molar-refractivity contribution in [3.63, 3.8) is 0 Å². The number of hydrogen-bond donors (Lipinski definition) is 2. The molecule has 1 aromatic carbocycles. The summed E-state index contributed by atoms with van der Waals surface area (Å²) in [6.45, 7) is 3.41. The van der Waals surface area contributed by atoms with E-state index in [4.69, 9.17) is 0 Å². The first-order valence-electron chi connectivity index (χ1n) is 6.65. The summed E-state index contributed by atoms with van der Waals surface area (Å²) in [6, 6.07) is 6.06. The van der Waals surface area contributed by atoms with E-state index in [0.29, 0.717) is 13.0 Å². The lowest BCUT2D eigenvalue weighted by Crippen LogP contribution is -2.27. The molecule has 2 aliphatic heterocycles. The van der Waals surface area contributed by atoms with Gasteiger partial charge in [0.25, 0.3) is 0 Å². The van der Waals surface area contributed by atoms with Crippen LogP contribution in [0.25, 0.3) is 0 Å². The molecule has 3 rings (SSSR count). The predicted molar refractivity (Wildman–Crippen MR) is 71.9 cm³/mol. The Bertz CT molecular complexity index is 541. The summed E-state index contributed by atoms with van der Waals surface area (Å²) in [5.41, 5.74) is 3.16. The van der Waals surface area contributed by atoms with Gasteiger partial charge in [-0.2, -0.15) is 0 Å². The molecule has 19 heavy (non-hydrogen) atoms. The molecule has 1 fully saturated rings. The molecule has 0 radical (unpaired) electrons. The summed E-state index contributed by atoms with van der Waals surface area (Å²) in [5.74, 6) is 0.0755. The van der Waals surface area contributed by atoms with Crippen molar-refractivity contribution in [1.82, 2.24) is 10.2 Å². The quantitative estimate of drug-likeness (QED) is 0.848. The molecule has 1 atom stereocenters. The first-order valence-corrected chi connectivity index (χ1v) is 6.65. The maximum atomic E-state index is 11.7. The third-order valence-corrected chi connectivity index (χ3v) is 3.80. The van der Waals surface area contributed by atoms with Crippen LogP contribution in [0.5, 0.6) is 0 Å². The van der Waals surface area contributed by atoms with Crippen LogP contribution < -0.4 is 10.6 Å². The summed E-state index contributed by atoms with van der Waals surface area (Å²) in [6.07, 6.45) is 1.31. The van der Waals surface area contributed by atoms with E-state index in [2.05, 4.69) is 16.7 Å². The molecule has 2 N–H and O–H groups in total. The van der Waals surface area contributed by atoms with Crippen molar-refractivity contribution in [1.29, 1.82) is 0 Å². The number of amides is 3. The van der Waals surface area contributed by atoms with Crippen molar-refractivity contribution in [2.45, 2.75) is 25.8 Å². The summed E-state index contributed by atoms with van der Waals surface area (Å²) in [4.78, 5) is 24.8. The number of anilines is 1. The van der Waals surface area contributed by atoms with Crippen molar-refractivity contribution in [2.24, 2.45) is 0 Å². The molecular formula is C14H17N3O2. The molecule has 0 bridgehead atoms. The minimum Gasteiger partial charge on any atom is -0.329 e. The van der Waals surface area contributed by atoms with Crippen molar-refractivity contribution in [3.8, 4) is 0 Å². The number of rotatable bonds is 2. The Morgan fingerprint density at radius 1 is 1.32 bits per heavy atom. The molecule has 0 aromatic heterocycles. The Balaban J connectivity index is 1.83. The highest BCUT2D eigenvalue weighted by molar-refractivity contribution is 5.93. The molecule has 0 saturated carbocycles. The standard InChI is InChI=1S/C14H17N3O2/c1-2-17-8-12(16-14(17)19)10-3-5-11-9(7-10)4-6-13(18)15-11/h3,5,7,12H,2,4,6,8H2,1H3,(H,15,18)(H,16,19). The van der Waals surface area contributed by atoms with E-state index >= 15 is 0 Å². The summed E-state index contributed by atoms with van der Waals surface area (Å²) in [5, 5.41) is 5.86. The van der Waals surface area contributed by atoms with Gasteiger partial charge in [0, 0.05) is 25.2 Å². The third kappa shape index (κ3) is 2.16. The topological polar surface area (TPSA) is 61.4 Å². The number of nitrogens with zero attached hydrogens (tertiary/aromatic N) is 1. The van der Waals surface area contributed by atoms with Gasteiger partial charge in [0.05, 0.1) is 6.04 Å². The predicted octanol–water partition coefficient (Wildman–Crippen LogP) is 1.66. The minimum absolute atomic E-state index is 0.00137. The van der Waals surface area contributed by atoms with Crippen LogP contribution in [0.4, 0.5) is 10.5 Å². The fourth-order valence-electron chi connectivity index (χ4n) is 2.67. The normalized spacial score (nSPS) is 21.9. The summed E-state index contributed by atoms with van der Waals surface area (Å²) in [7, 11) is 0. The van der Waals surface area contributed by atoms with Crippen LogP contribution in [-0.2, 0) is 11.2 Å². The Kier molecular flexibility index (Phi) is 2.89. The molecule has 5 nitrogen and oxygen atoms in total. The maximum Gasteiger partial charge on any atom is 0.318 e. The van der Waals surface area contributed by atoms with Crippen LogP contribution in [0.2, 0.25) is 0 Å². The number of fused-ring (bicyclic) bond motifs is 1. The number of urea groups is 1. The van der Waals surface area contributed by atoms with Gasteiger partial charge in [0.1, 0.15) is 0 Å². The van der Waals surface area contributed by atoms with Crippen molar-refractivity contribution < 1.29 is 9.59 Å². The molecule has 5 heteroatoms.